The van der Waals surface area contributed by atoms with Crippen molar-refractivity contribution in [2.24, 2.45) is 17.3 Å². The van der Waals surface area contributed by atoms with Crippen molar-refractivity contribution in [2.45, 2.75) is 58.3 Å². The number of hydrogen-bond acceptors (Lipinski definition) is 5. The van der Waals surface area contributed by atoms with E-state index in [0.717, 1.165) is 12.8 Å². The van der Waals surface area contributed by atoms with Gasteiger partial charge in [0.15, 0.2) is 0 Å². The standard InChI is InChI=1S/C15H22O5/c1-4-15(2,3)14(17)18-6-5-8-10-7-9-12(19-10)11(8)20-13(9)16/h8-12H,4-7H2,1-3H3. The molecule has 0 aromatic carbocycles. The third-order valence-corrected chi connectivity index (χ3v) is 5.11. The van der Waals surface area contributed by atoms with E-state index in [9.17, 15) is 9.59 Å². The topological polar surface area (TPSA) is 61.8 Å². The fourth-order valence-corrected chi connectivity index (χ4v) is 3.36. The Hall–Kier alpha value is -1.10. The molecule has 5 nitrogen and oxygen atoms in total. The van der Waals surface area contributed by atoms with Crippen LogP contribution in [0.2, 0.25) is 0 Å². The molecule has 0 aromatic heterocycles. The molecule has 0 radical (unpaired) electrons. The zero-order valence-corrected chi connectivity index (χ0v) is 12.3. The van der Waals surface area contributed by atoms with Crippen LogP contribution in [0.25, 0.3) is 0 Å². The van der Waals surface area contributed by atoms with E-state index in [4.69, 9.17) is 14.2 Å². The van der Waals surface area contributed by atoms with Gasteiger partial charge in [-0.25, -0.2) is 0 Å². The van der Waals surface area contributed by atoms with Crippen molar-refractivity contribution in [3.8, 4) is 0 Å². The van der Waals surface area contributed by atoms with E-state index in [1.807, 2.05) is 20.8 Å². The quantitative estimate of drug-likeness (QED) is 0.718. The number of carbonyl (C=O) groups excluding carboxylic acids is 2. The lowest BCUT2D eigenvalue weighted by molar-refractivity contribution is -0.155. The maximum Gasteiger partial charge on any atom is 0.312 e. The van der Waals surface area contributed by atoms with E-state index in [1.54, 1.807) is 0 Å². The number of ether oxygens (including phenoxy) is 3. The smallest absolute Gasteiger partial charge is 0.312 e. The molecule has 5 heteroatoms. The van der Waals surface area contributed by atoms with Crippen molar-refractivity contribution < 1.29 is 23.8 Å². The van der Waals surface area contributed by atoms with Crippen LogP contribution in [-0.2, 0) is 23.8 Å². The van der Waals surface area contributed by atoms with E-state index in [-0.39, 0.29) is 42.1 Å². The van der Waals surface area contributed by atoms with Gasteiger partial charge in [0.05, 0.1) is 24.0 Å². The van der Waals surface area contributed by atoms with Crippen LogP contribution in [0.1, 0.15) is 40.0 Å². The first kappa shape index (κ1) is 13.9. The van der Waals surface area contributed by atoms with Gasteiger partial charge in [-0.3, -0.25) is 9.59 Å². The molecule has 0 N–H and O–H groups in total. The van der Waals surface area contributed by atoms with Crippen LogP contribution in [0, 0.1) is 17.3 Å². The number of fused-ring (bicyclic) bond motifs is 1. The predicted molar refractivity (Wildman–Crippen MR) is 69.8 cm³/mol. The first-order valence-electron chi connectivity index (χ1n) is 7.47. The average Bonchev–Trinajstić information content (AvgIpc) is 3.02. The Balaban J connectivity index is 1.51. The maximum atomic E-state index is 11.9. The molecule has 5 unspecified atom stereocenters. The summed E-state index contributed by atoms with van der Waals surface area (Å²) in [4.78, 5) is 23.5. The molecule has 112 valence electrons. The molecule has 3 aliphatic rings. The van der Waals surface area contributed by atoms with Gasteiger partial charge in [0.2, 0.25) is 0 Å². The molecule has 3 fully saturated rings. The van der Waals surface area contributed by atoms with Gasteiger partial charge in [-0.05, 0) is 33.1 Å². The van der Waals surface area contributed by atoms with Crippen LogP contribution in [0.15, 0.2) is 0 Å². The van der Waals surface area contributed by atoms with E-state index in [2.05, 4.69) is 0 Å². The number of carbonyl (C=O) groups is 2. The summed E-state index contributed by atoms with van der Waals surface area (Å²) in [5.41, 5.74) is -0.434. The molecule has 2 bridgehead atoms. The Morgan fingerprint density at radius 3 is 2.85 bits per heavy atom. The van der Waals surface area contributed by atoms with Crippen LogP contribution in [-0.4, -0.2) is 36.9 Å². The zero-order valence-electron chi connectivity index (χ0n) is 12.3. The Morgan fingerprint density at radius 2 is 2.15 bits per heavy atom. The number of rotatable bonds is 5. The third-order valence-electron chi connectivity index (χ3n) is 5.11. The molecule has 0 amide bonds. The lowest BCUT2D eigenvalue weighted by atomic mass is 9.81. The van der Waals surface area contributed by atoms with Crippen molar-refractivity contribution in [1.82, 2.24) is 0 Å². The highest BCUT2D eigenvalue weighted by atomic mass is 16.6. The van der Waals surface area contributed by atoms with E-state index >= 15 is 0 Å². The van der Waals surface area contributed by atoms with Crippen LogP contribution < -0.4 is 0 Å². The van der Waals surface area contributed by atoms with Crippen LogP contribution in [0.3, 0.4) is 0 Å². The van der Waals surface area contributed by atoms with Gasteiger partial charge in [0, 0.05) is 5.92 Å². The lowest BCUT2D eigenvalue weighted by Gasteiger charge is -2.24. The van der Waals surface area contributed by atoms with Crippen molar-refractivity contribution in [2.75, 3.05) is 6.61 Å². The summed E-state index contributed by atoms with van der Waals surface area (Å²) in [5.74, 6) is -0.150. The summed E-state index contributed by atoms with van der Waals surface area (Å²) in [5, 5.41) is 0. The van der Waals surface area contributed by atoms with Gasteiger partial charge in [-0.15, -0.1) is 0 Å². The summed E-state index contributed by atoms with van der Waals surface area (Å²) in [6.45, 7) is 6.13. The second kappa shape index (κ2) is 4.72. The van der Waals surface area contributed by atoms with Crippen LogP contribution in [0.4, 0.5) is 0 Å². The summed E-state index contributed by atoms with van der Waals surface area (Å²) >= 11 is 0. The van der Waals surface area contributed by atoms with Gasteiger partial charge < -0.3 is 14.2 Å². The molecule has 0 aromatic rings. The average molecular weight is 282 g/mol. The SMILES string of the molecule is CCC(C)(C)C(=O)OCCC1C2CC3C(=O)OC1C3O2. The van der Waals surface area contributed by atoms with Crippen LogP contribution >= 0.6 is 0 Å². The van der Waals surface area contributed by atoms with E-state index in [0.29, 0.717) is 13.0 Å². The Kier molecular flexibility index (Phi) is 3.27. The maximum absolute atomic E-state index is 11.9. The fourth-order valence-electron chi connectivity index (χ4n) is 3.36. The Morgan fingerprint density at radius 1 is 1.40 bits per heavy atom. The van der Waals surface area contributed by atoms with Gasteiger partial charge in [0.25, 0.3) is 0 Å². The van der Waals surface area contributed by atoms with E-state index < -0.39 is 5.41 Å². The number of hydrogen-bond donors (Lipinski definition) is 0. The first-order chi connectivity index (χ1) is 9.44. The molecule has 3 heterocycles. The van der Waals surface area contributed by atoms with Crippen molar-refractivity contribution in [1.29, 1.82) is 0 Å². The predicted octanol–water partition coefficient (Wildman–Crippen LogP) is 1.68. The van der Waals surface area contributed by atoms with Crippen molar-refractivity contribution >= 4 is 11.9 Å². The van der Waals surface area contributed by atoms with Crippen LogP contribution in [0.5, 0.6) is 0 Å². The molecule has 3 saturated heterocycles. The first-order valence-corrected chi connectivity index (χ1v) is 7.47. The molecule has 3 aliphatic heterocycles. The highest BCUT2D eigenvalue weighted by Gasteiger charge is 2.62. The molecule has 5 atom stereocenters. The Bertz CT molecular complexity index is 430. The molecule has 0 saturated carbocycles. The summed E-state index contributed by atoms with van der Waals surface area (Å²) < 4.78 is 16.6. The number of esters is 2. The minimum absolute atomic E-state index is 0.0529. The normalized spacial score (nSPS) is 38.1. The van der Waals surface area contributed by atoms with E-state index in [1.165, 1.54) is 0 Å². The molecule has 3 rings (SSSR count). The van der Waals surface area contributed by atoms with Gasteiger partial charge in [-0.1, -0.05) is 6.92 Å². The monoisotopic (exact) mass is 282 g/mol. The summed E-state index contributed by atoms with van der Waals surface area (Å²) in [6.07, 6.45) is 2.14. The highest BCUT2D eigenvalue weighted by Crippen LogP contribution is 2.50. The molecule has 0 aliphatic carbocycles. The van der Waals surface area contributed by atoms with Gasteiger partial charge in [-0.2, -0.15) is 0 Å². The third kappa shape index (κ3) is 2.03. The minimum atomic E-state index is -0.434. The fraction of sp³-hybridized carbons (Fsp3) is 0.867. The highest BCUT2D eigenvalue weighted by molar-refractivity contribution is 5.77. The van der Waals surface area contributed by atoms with Gasteiger partial charge >= 0.3 is 11.9 Å². The summed E-state index contributed by atoms with van der Waals surface area (Å²) in [7, 11) is 0. The van der Waals surface area contributed by atoms with Crippen molar-refractivity contribution in [3.63, 3.8) is 0 Å². The lowest BCUT2D eigenvalue weighted by Crippen LogP contribution is -2.33. The summed E-state index contributed by atoms with van der Waals surface area (Å²) in [6, 6.07) is 0. The van der Waals surface area contributed by atoms with Crippen molar-refractivity contribution in [3.05, 3.63) is 0 Å². The zero-order chi connectivity index (χ0) is 14.5. The molecule has 20 heavy (non-hydrogen) atoms. The second-order valence-corrected chi connectivity index (χ2v) is 6.71. The molecular formula is C15H22O5. The van der Waals surface area contributed by atoms with Gasteiger partial charge in [0.1, 0.15) is 12.2 Å². The second-order valence-electron chi connectivity index (χ2n) is 6.71. The minimum Gasteiger partial charge on any atom is -0.465 e. The largest absolute Gasteiger partial charge is 0.465 e. The molecule has 0 spiro atoms. The molecular weight excluding hydrogens is 260 g/mol. The Labute approximate surface area is 118 Å².